The first kappa shape index (κ1) is 13.3. The first-order valence-electron chi connectivity index (χ1n) is 5.48. The molecule has 0 aromatic heterocycles. The molecule has 5 nitrogen and oxygen atoms in total. The quantitative estimate of drug-likeness (QED) is 0.559. The number of benzene rings is 1. The van der Waals surface area contributed by atoms with Crippen molar-refractivity contribution in [3.8, 4) is 5.75 Å². The van der Waals surface area contributed by atoms with E-state index in [-0.39, 0.29) is 5.56 Å². The smallest absolute Gasteiger partial charge is 0.335 e. The van der Waals surface area contributed by atoms with Gasteiger partial charge in [-0.2, -0.15) is 0 Å². The molecule has 0 aliphatic heterocycles. The fourth-order valence-electron chi connectivity index (χ4n) is 1.27. The van der Waals surface area contributed by atoms with E-state index in [9.17, 15) is 4.79 Å². The topological polar surface area (TPSA) is 81.8 Å². The number of carboxylic acids is 1. The van der Waals surface area contributed by atoms with Crippen molar-refractivity contribution in [1.29, 1.82) is 0 Å². The van der Waals surface area contributed by atoms with Gasteiger partial charge in [-0.25, -0.2) is 4.79 Å². The monoisotopic (exact) mass is 239 g/mol. The predicted octanol–water partition coefficient (Wildman–Crippen LogP) is 1.77. The molecule has 0 atom stereocenters. The molecule has 0 bridgehead atoms. The number of anilines is 1. The largest absolute Gasteiger partial charge is 0.489 e. The average Bonchev–Trinajstić information content (AvgIpc) is 2.30. The summed E-state index contributed by atoms with van der Waals surface area (Å²) in [5.74, 6) is -0.523. The van der Waals surface area contributed by atoms with Gasteiger partial charge in [0.05, 0.1) is 17.9 Å². The van der Waals surface area contributed by atoms with Gasteiger partial charge in [0.2, 0.25) is 0 Å². The highest BCUT2D eigenvalue weighted by molar-refractivity contribution is 5.89. The minimum Gasteiger partial charge on any atom is -0.489 e. The molecule has 0 saturated heterocycles. The number of hydrogen-bond acceptors (Lipinski definition) is 4. The average molecular weight is 239 g/mol. The molecular weight excluding hydrogens is 222 g/mol. The SMILES string of the molecule is CCCOCCOc1ccc(C(=O)O)cc1N. The van der Waals surface area contributed by atoms with Crippen molar-refractivity contribution in [2.45, 2.75) is 13.3 Å². The lowest BCUT2D eigenvalue weighted by atomic mass is 10.2. The van der Waals surface area contributed by atoms with E-state index < -0.39 is 5.97 Å². The number of carbonyl (C=O) groups is 1. The van der Waals surface area contributed by atoms with Crippen LogP contribution >= 0.6 is 0 Å². The van der Waals surface area contributed by atoms with Gasteiger partial charge in [0, 0.05) is 6.61 Å². The van der Waals surface area contributed by atoms with E-state index in [1.807, 2.05) is 6.92 Å². The molecule has 0 aliphatic carbocycles. The first-order chi connectivity index (χ1) is 8.15. The van der Waals surface area contributed by atoms with Crippen LogP contribution in [0.5, 0.6) is 5.75 Å². The van der Waals surface area contributed by atoms with Crippen molar-refractivity contribution in [2.24, 2.45) is 0 Å². The first-order valence-corrected chi connectivity index (χ1v) is 5.48. The molecule has 0 unspecified atom stereocenters. The van der Waals surface area contributed by atoms with Gasteiger partial charge < -0.3 is 20.3 Å². The van der Waals surface area contributed by atoms with E-state index in [1.165, 1.54) is 12.1 Å². The van der Waals surface area contributed by atoms with E-state index in [0.29, 0.717) is 31.3 Å². The number of carboxylic acid groups (broad SMARTS) is 1. The molecule has 5 heteroatoms. The lowest BCUT2D eigenvalue weighted by Crippen LogP contribution is -2.08. The normalized spacial score (nSPS) is 10.2. The zero-order chi connectivity index (χ0) is 12.7. The Morgan fingerprint density at radius 2 is 2.12 bits per heavy atom. The van der Waals surface area contributed by atoms with Crippen molar-refractivity contribution in [2.75, 3.05) is 25.6 Å². The minimum atomic E-state index is -1.01. The maximum atomic E-state index is 10.7. The Morgan fingerprint density at radius 1 is 1.35 bits per heavy atom. The molecule has 3 N–H and O–H groups in total. The van der Waals surface area contributed by atoms with Gasteiger partial charge in [-0.15, -0.1) is 0 Å². The number of ether oxygens (including phenoxy) is 2. The molecule has 0 spiro atoms. The standard InChI is InChI=1S/C12H17NO4/c1-2-5-16-6-7-17-11-4-3-9(12(14)15)8-10(11)13/h3-4,8H,2,5-7,13H2,1H3,(H,14,15). The minimum absolute atomic E-state index is 0.150. The van der Waals surface area contributed by atoms with E-state index >= 15 is 0 Å². The van der Waals surface area contributed by atoms with E-state index in [4.69, 9.17) is 20.3 Å². The van der Waals surface area contributed by atoms with Gasteiger partial charge in [0.25, 0.3) is 0 Å². The van der Waals surface area contributed by atoms with Gasteiger partial charge in [-0.1, -0.05) is 6.92 Å². The van der Waals surface area contributed by atoms with Crippen LogP contribution in [-0.4, -0.2) is 30.9 Å². The fraction of sp³-hybridized carbons (Fsp3) is 0.417. The molecular formula is C12H17NO4. The molecule has 17 heavy (non-hydrogen) atoms. The Kier molecular flexibility index (Phi) is 5.29. The summed E-state index contributed by atoms with van der Waals surface area (Å²) in [7, 11) is 0. The van der Waals surface area contributed by atoms with Crippen LogP contribution in [0.4, 0.5) is 5.69 Å². The molecule has 1 rings (SSSR count). The van der Waals surface area contributed by atoms with E-state index in [2.05, 4.69) is 0 Å². The summed E-state index contributed by atoms with van der Waals surface area (Å²) in [6, 6.07) is 4.39. The van der Waals surface area contributed by atoms with Crippen LogP contribution in [0.2, 0.25) is 0 Å². The maximum absolute atomic E-state index is 10.7. The molecule has 0 fully saturated rings. The fourth-order valence-corrected chi connectivity index (χ4v) is 1.27. The highest BCUT2D eigenvalue weighted by Gasteiger charge is 2.06. The predicted molar refractivity (Wildman–Crippen MR) is 64.4 cm³/mol. The summed E-state index contributed by atoms with van der Waals surface area (Å²) in [6.45, 7) is 3.63. The Morgan fingerprint density at radius 3 is 2.71 bits per heavy atom. The van der Waals surface area contributed by atoms with Crippen molar-refractivity contribution in [1.82, 2.24) is 0 Å². The summed E-state index contributed by atoms with van der Waals surface area (Å²) in [5, 5.41) is 8.76. The van der Waals surface area contributed by atoms with Gasteiger partial charge in [-0.05, 0) is 24.6 Å². The summed E-state index contributed by atoms with van der Waals surface area (Å²) < 4.78 is 10.6. The van der Waals surface area contributed by atoms with Crippen LogP contribution in [0.3, 0.4) is 0 Å². The maximum Gasteiger partial charge on any atom is 0.335 e. The summed E-state index contributed by atoms with van der Waals surface area (Å²) >= 11 is 0. The molecule has 1 aromatic rings. The highest BCUT2D eigenvalue weighted by Crippen LogP contribution is 2.22. The molecule has 0 radical (unpaired) electrons. The third-order valence-corrected chi connectivity index (χ3v) is 2.09. The summed E-state index contributed by atoms with van der Waals surface area (Å²) in [4.78, 5) is 10.7. The number of nitrogen functional groups attached to an aromatic ring is 1. The highest BCUT2D eigenvalue weighted by atomic mass is 16.5. The number of hydrogen-bond donors (Lipinski definition) is 2. The molecule has 94 valence electrons. The van der Waals surface area contributed by atoms with Crippen molar-refractivity contribution >= 4 is 11.7 Å². The van der Waals surface area contributed by atoms with Crippen LogP contribution in [0.25, 0.3) is 0 Å². The lowest BCUT2D eigenvalue weighted by Gasteiger charge is -2.09. The molecule has 1 aromatic carbocycles. The van der Waals surface area contributed by atoms with Crippen LogP contribution in [-0.2, 0) is 4.74 Å². The third-order valence-electron chi connectivity index (χ3n) is 2.09. The Hall–Kier alpha value is -1.75. The lowest BCUT2D eigenvalue weighted by molar-refractivity contribution is 0.0696. The van der Waals surface area contributed by atoms with Crippen LogP contribution in [0.15, 0.2) is 18.2 Å². The molecule has 0 amide bonds. The van der Waals surface area contributed by atoms with Crippen LogP contribution in [0, 0.1) is 0 Å². The van der Waals surface area contributed by atoms with Crippen molar-refractivity contribution < 1.29 is 19.4 Å². The second-order valence-corrected chi connectivity index (χ2v) is 3.52. The van der Waals surface area contributed by atoms with Gasteiger partial charge in [-0.3, -0.25) is 0 Å². The van der Waals surface area contributed by atoms with Gasteiger partial charge >= 0.3 is 5.97 Å². The molecule has 0 aliphatic rings. The number of aromatic carboxylic acids is 1. The Balaban J connectivity index is 2.46. The summed E-state index contributed by atoms with van der Waals surface area (Å²) in [6.07, 6.45) is 0.968. The Bertz CT molecular complexity index is 379. The third kappa shape index (κ3) is 4.32. The number of nitrogens with two attached hydrogens (primary N) is 1. The van der Waals surface area contributed by atoms with Gasteiger partial charge in [0.15, 0.2) is 0 Å². The van der Waals surface area contributed by atoms with Gasteiger partial charge in [0.1, 0.15) is 12.4 Å². The van der Waals surface area contributed by atoms with Crippen molar-refractivity contribution in [3.05, 3.63) is 23.8 Å². The number of rotatable bonds is 7. The van der Waals surface area contributed by atoms with E-state index in [1.54, 1.807) is 6.07 Å². The zero-order valence-corrected chi connectivity index (χ0v) is 9.81. The Labute approximate surface area is 100 Å². The van der Waals surface area contributed by atoms with E-state index in [0.717, 1.165) is 6.42 Å². The van der Waals surface area contributed by atoms with Crippen LogP contribution < -0.4 is 10.5 Å². The zero-order valence-electron chi connectivity index (χ0n) is 9.81. The molecule has 0 saturated carbocycles. The second-order valence-electron chi connectivity index (χ2n) is 3.52. The van der Waals surface area contributed by atoms with Crippen LogP contribution in [0.1, 0.15) is 23.7 Å². The molecule has 0 heterocycles. The van der Waals surface area contributed by atoms with Crippen molar-refractivity contribution in [3.63, 3.8) is 0 Å². The summed E-state index contributed by atoms with van der Waals surface area (Å²) in [5.41, 5.74) is 6.14. The second kappa shape index (κ2) is 6.75.